The number of nitrogen functional groups attached to an aromatic ring is 1. The van der Waals surface area contributed by atoms with E-state index in [2.05, 4.69) is 9.97 Å². The zero-order valence-electron chi connectivity index (χ0n) is 11.6. The maximum Gasteiger partial charge on any atom is 0.410 e. The van der Waals surface area contributed by atoms with Crippen LogP contribution >= 0.6 is 0 Å². The number of hydrogen-bond donors (Lipinski definition) is 1. The fourth-order valence-electron chi connectivity index (χ4n) is 1.87. The van der Waals surface area contributed by atoms with E-state index in [-0.39, 0.29) is 12.0 Å². The summed E-state index contributed by atoms with van der Waals surface area (Å²) >= 11 is 0. The second kappa shape index (κ2) is 4.56. The van der Waals surface area contributed by atoms with Crippen LogP contribution in [-0.4, -0.2) is 33.7 Å². The molecule has 0 spiro atoms. The van der Waals surface area contributed by atoms with Crippen LogP contribution in [0.5, 0.6) is 5.88 Å². The lowest BCUT2D eigenvalue weighted by atomic mass is 10.2. The Bertz CT molecular complexity index is 510. The maximum atomic E-state index is 12.0. The van der Waals surface area contributed by atoms with E-state index in [1.54, 1.807) is 4.90 Å². The highest BCUT2D eigenvalue weighted by molar-refractivity contribution is 5.69. The largest absolute Gasteiger partial charge is 0.481 e. The van der Waals surface area contributed by atoms with Crippen LogP contribution in [0, 0.1) is 0 Å². The van der Waals surface area contributed by atoms with Gasteiger partial charge in [-0.3, -0.25) is 4.90 Å². The molecule has 7 nitrogen and oxygen atoms in total. The van der Waals surface area contributed by atoms with Gasteiger partial charge < -0.3 is 15.2 Å². The molecule has 0 aliphatic carbocycles. The molecule has 1 aliphatic heterocycles. The topological polar surface area (TPSA) is 90.6 Å². The first-order chi connectivity index (χ1) is 8.80. The number of fused-ring (bicyclic) bond motifs is 1. The van der Waals surface area contributed by atoms with Crippen LogP contribution in [0.4, 0.5) is 10.7 Å². The maximum absolute atomic E-state index is 12.0. The summed E-state index contributed by atoms with van der Waals surface area (Å²) in [5.74, 6) is 0.551. The Balaban J connectivity index is 2.18. The standard InChI is InChI=1S/C12H18N4O3/c1-12(2,3)19-11(17)16-5-7-8(6-16)14-10(13)15-9(7)18-4/h5-6H2,1-4H3,(H2,13,14,15). The molecule has 7 heteroatoms. The molecule has 2 N–H and O–H groups in total. The van der Waals surface area contributed by atoms with Gasteiger partial charge in [0.1, 0.15) is 5.60 Å². The van der Waals surface area contributed by atoms with E-state index in [0.717, 1.165) is 5.56 Å². The van der Waals surface area contributed by atoms with Gasteiger partial charge in [-0.05, 0) is 20.8 Å². The summed E-state index contributed by atoms with van der Waals surface area (Å²) in [5.41, 5.74) is 6.55. The van der Waals surface area contributed by atoms with E-state index in [1.165, 1.54) is 7.11 Å². The molecule has 1 amide bonds. The first kappa shape index (κ1) is 13.4. The molecule has 2 rings (SSSR count). The molecular weight excluding hydrogens is 248 g/mol. The van der Waals surface area contributed by atoms with E-state index in [4.69, 9.17) is 15.2 Å². The van der Waals surface area contributed by atoms with E-state index >= 15 is 0 Å². The van der Waals surface area contributed by atoms with Gasteiger partial charge in [-0.15, -0.1) is 0 Å². The average molecular weight is 266 g/mol. The molecule has 1 aromatic heterocycles. The molecule has 0 aromatic carbocycles. The van der Waals surface area contributed by atoms with Crippen molar-refractivity contribution in [2.24, 2.45) is 0 Å². The summed E-state index contributed by atoms with van der Waals surface area (Å²) < 4.78 is 10.5. The first-order valence-corrected chi connectivity index (χ1v) is 5.97. The molecule has 1 aromatic rings. The molecule has 0 bridgehead atoms. The summed E-state index contributed by atoms with van der Waals surface area (Å²) in [6.45, 7) is 6.20. The molecule has 0 saturated heterocycles. The number of methoxy groups -OCH3 is 1. The number of nitrogens with zero attached hydrogens (tertiary/aromatic N) is 3. The summed E-state index contributed by atoms with van der Waals surface area (Å²) in [5, 5.41) is 0. The normalized spacial score (nSPS) is 14.2. The molecule has 0 unspecified atom stereocenters. The van der Waals surface area contributed by atoms with Crippen LogP contribution in [0.15, 0.2) is 0 Å². The number of carbonyl (C=O) groups excluding carboxylic acids is 1. The summed E-state index contributed by atoms with van der Waals surface area (Å²) in [7, 11) is 1.51. The van der Waals surface area contributed by atoms with Gasteiger partial charge in [0.05, 0.1) is 31.5 Å². The molecule has 2 heterocycles. The zero-order chi connectivity index (χ0) is 14.2. The Morgan fingerprint density at radius 2 is 2.00 bits per heavy atom. The SMILES string of the molecule is COc1nc(N)nc2c1CN(C(=O)OC(C)(C)C)C2. The fourth-order valence-corrected chi connectivity index (χ4v) is 1.87. The zero-order valence-corrected chi connectivity index (χ0v) is 11.6. The third kappa shape index (κ3) is 2.86. The lowest BCUT2D eigenvalue weighted by Gasteiger charge is -2.23. The van der Waals surface area contributed by atoms with Crippen LogP contribution in [0.2, 0.25) is 0 Å². The van der Waals surface area contributed by atoms with Crippen LogP contribution in [0.3, 0.4) is 0 Å². The molecule has 0 saturated carbocycles. The van der Waals surface area contributed by atoms with E-state index in [0.29, 0.717) is 24.7 Å². The Labute approximate surface area is 111 Å². The minimum absolute atomic E-state index is 0.140. The lowest BCUT2D eigenvalue weighted by molar-refractivity contribution is 0.0240. The minimum Gasteiger partial charge on any atom is -0.481 e. The third-order valence-electron chi connectivity index (χ3n) is 2.61. The number of ether oxygens (including phenoxy) is 2. The van der Waals surface area contributed by atoms with Gasteiger partial charge in [0.15, 0.2) is 0 Å². The van der Waals surface area contributed by atoms with Crippen molar-refractivity contribution in [3.63, 3.8) is 0 Å². The number of rotatable bonds is 1. The number of carbonyl (C=O) groups is 1. The van der Waals surface area contributed by atoms with E-state index in [9.17, 15) is 4.79 Å². The lowest BCUT2D eigenvalue weighted by Crippen LogP contribution is -2.33. The second-order valence-electron chi connectivity index (χ2n) is 5.35. The predicted molar refractivity (Wildman–Crippen MR) is 68.5 cm³/mol. The second-order valence-corrected chi connectivity index (χ2v) is 5.35. The monoisotopic (exact) mass is 266 g/mol. The van der Waals surface area contributed by atoms with Crippen molar-refractivity contribution in [1.29, 1.82) is 0 Å². The molecule has 0 fully saturated rings. The number of aromatic nitrogens is 2. The fraction of sp³-hybridized carbons (Fsp3) is 0.583. The Morgan fingerprint density at radius 3 is 2.58 bits per heavy atom. The van der Waals surface area contributed by atoms with Crippen LogP contribution in [0.25, 0.3) is 0 Å². The van der Waals surface area contributed by atoms with Gasteiger partial charge in [-0.1, -0.05) is 0 Å². The quantitative estimate of drug-likeness (QED) is 0.824. The highest BCUT2D eigenvalue weighted by atomic mass is 16.6. The van der Waals surface area contributed by atoms with Crippen molar-refractivity contribution in [1.82, 2.24) is 14.9 Å². The number of amides is 1. The first-order valence-electron chi connectivity index (χ1n) is 5.97. The molecule has 19 heavy (non-hydrogen) atoms. The summed E-state index contributed by atoms with van der Waals surface area (Å²) in [6.07, 6.45) is -0.383. The van der Waals surface area contributed by atoms with Crippen molar-refractivity contribution in [3.8, 4) is 5.88 Å². The van der Waals surface area contributed by atoms with Crippen molar-refractivity contribution in [3.05, 3.63) is 11.3 Å². The van der Waals surface area contributed by atoms with Crippen molar-refractivity contribution in [2.45, 2.75) is 39.5 Å². The van der Waals surface area contributed by atoms with Crippen LogP contribution in [0.1, 0.15) is 32.0 Å². The van der Waals surface area contributed by atoms with Crippen molar-refractivity contribution < 1.29 is 14.3 Å². The summed E-state index contributed by atoms with van der Waals surface area (Å²) in [4.78, 5) is 21.7. The smallest absolute Gasteiger partial charge is 0.410 e. The van der Waals surface area contributed by atoms with Crippen molar-refractivity contribution >= 4 is 12.0 Å². The Morgan fingerprint density at radius 1 is 1.32 bits per heavy atom. The van der Waals surface area contributed by atoms with Crippen LogP contribution in [-0.2, 0) is 17.8 Å². The highest BCUT2D eigenvalue weighted by Gasteiger charge is 2.31. The number of hydrogen-bond acceptors (Lipinski definition) is 6. The number of anilines is 1. The van der Waals surface area contributed by atoms with Gasteiger partial charge in [0, 0.05) is 0 Å². The molecule has 104 valence electrons. The predicted octanol–water partition coefficient (Wildman–Crippen LogP) is 1.32. The summed E-state index contributed by atoms with van der Waals surface area (Å²) in [6, 6.07) is 0. The van der Waals surface area contributed by atoms with Crippen LogP contribution < -0.4 is 10.5 Å². The average Bonchev–Trinajstić information content (AvgIpc) is 2.69. The molecular formula is C12H18N4O3. The Kier molecular flexibility index (Phi) is 3.21. The van der Waals surface area contributed by atoms with Gasteiger partial charge in [-0.25, -0.2) is 9.78 Å². The van der Waals surface area contributed by atoms with Gasteiger partial charge >= 0.3 is 6.09 Å². The van der Waals surface area contributed by atoms with Gasteiger partial charge in [0.25, 0.3) is 0 Å². The van der Waals surface area contributed by atoms with E-state index in [1.807, 2.05) is 20.8 Å². The minimum atomic E-state index is -0.527. The molecule has 0 atom stereocenters. The number of nitrogens with two attached hydrogens (primary N) is 1. The van der Waals surface area contributed by atoms with E-state index < -0.39 is 5.60 Å². The Hall–Kier alpha value is -2.05. The van der Waals surface area contributed by atoms with Gasteiger partial charge in [0.2, 0.25) is 11.8 Å². The molecule has 0 radical (unpaired) electrons. The third-order valence-corrected chi connectivity index (χ3v) is 2.61. The highest BCUT2D eigenvalue weighted by Crippen LogP contribution is 2.29. The van der Waals surface area contributed by atoms with Gasteiger partial charge in [-0.2, -0.15) is 4.98 Å². The van der Waals surface area contributed by atoms with Crippen molar-refractivity contribution in [2.75, 3.05) is 12.8 Å². The molecule has 1 aliphatic rings.